The van der Waals surface area contributed by atoms with Crippen LogP contribution in [0.3, 0.4) is 0 Å². The van der Waals surface area contributed by atoms with Crippen LogP contribution in [0.2, 0.25) is 0 Å². The summed E-state index contributed by atoms with van der Waals surface area (Å²) in [5.41, 5.74) is 14.0. The molecule has 37 heavy (non-hydrogen) atoms. The molecule has 5 aromatic heterocycles. The van der Waals surface area contributed by atoms with Crippen LogP contribution < -0.4 is 11.1 Å². The van der Waals surface area contributed by atoms with Gasteiger partial charge in [0.05, 0.1) is 23.1 Å². The molecule has 0 spiro atoms. The van der Waals surface area contributed by atoms with Crippen molar-refractivity contribution < 1.29 is 0 Å². The van der Waals surface area contributed by atoms with E-state index in [0.717, 1.165) is 44.8 Å². The maximum Gasteiger partial charge on any atom is 0.137 e. The number of hydrogen-bond acceptors (Lipinski definition) is 6. The van der Waals surface area contributed by atoms with Gasteiger partial charge >= 0.3 is 0 Å². The number of aromatic nitrogens is 6. The molecule has 1 saturated carbocycles. The molecular formula is C29H28N8. The highest BCUT2D eigenvalue weighted by Crippen LogP contribution is 2.40. The summed E-state index contributed by atoms with van der Waals surface area (Å²) in [4.78, 5) is 13.7. The second-order valence-corrected chi connectivity index (χ2v) is 10.1. The van der Waals surface area contributed by atoms with Crippen molar-refractivity contribution in [1.82, 2.24) is 29.1 Å². The lowest BCUT2D eigenvalue weighted by Crippen LogP contribution is -2.06. The van der Waals surface area contributed by atoms with Crippen molar-refractivity contribution in [2.24, 2.45) is 0 Å². The molecular weight excluding hydrogens is 460 g/mol. The fraction of sp³-hybridized carbons (Fsp3) is 0.241. The Balaban J connectivity index is 1.16. The summed E-state index contributed by atoms with van der Waals surface area (Å²) in [6.45, 7) is 5.51. The van der Waals surface area contributed by atoms with Gasteiger partial charge in [-0.1, -0.05) is 6.07 Å². The number of fused-ring (bicyclic) bond motifs is 3. The average molecular weight is 489 g/mol. The number of nitrogens with two attached hydrogens (primary N) is 1. The minimum Gasteiger partial charge on any atom is -0.383 e. The minimum atomic E-state index is 0.566. The van der Waals surface area contributed by atoms with E-state index in [1.807, 2.05) is 16.8 Å². The Bertz CT molecular complexity index is 1810. The van der Waals surface area contributed by atoms with Gasteiger partial charge in [-0.05, 0) is 84.5 Å². The molecule has 0 amide bonds. The van der Waals surface area contributed by atoms with Gasteiger partial charge in [0.15, 0.2) is 0 Å². The van der Waals surface area contributed by atoms with Crippen molar-refractivity contribution in [1.29, 1.82) is 0 Å². The highest BCUT2D eigenvalue weighted by Gasteiger charge is 2.23. The number of anilines is 2. The zero-order valence-corrected chi connectivity index (χ0v) is 20.9. The number of imidazole rings is 1. The summed E-state index contributed by atoms with van der Waals surface area (Å²) in [5, 5.41) is 11.5. The Morgan fingerprint density at radius 3 is 2.70 bits per heavy atom. The van der Waals surface area contributed by atoms with E-state index in [2.05, 4.69) is 70.3 Å². The zero-order chi connectivity index (χ0) is 25.1. The van der Waals surface area contributed by atoms with Gasteiger partial charge in [0.25, 0.3) is 0 Å². The van der Waals surface area contributed by atoms with Gasteiger partial charge in [-0.3, -0.25) is 4.68 Å². The van der Waals surface area contributed by atoms with Gasteiger partial charge in [-0.15, -0.1) is 0 Å². The predicted octanol–water partition coefficient (Wildman–Crippen LogP) is 5.36. The molecule has 1 aliphatic carbocycles. The van der Waals surface area contributed by atoms with Crippen molar-refractivity contribution in [2.45, 2.75) is 45.7 Å². The molecule has 5 heterocycles. The van der Waals surface area contributed by atoms with Gasteiger partial charge < -0.3 is 15.5 Å². The maximum absolute atomic E-state index is 6.12. The van der Waals surface area contributed by atoms with Crippen LogP contribution in [0.5, 0.6) is 0 Å². The standard InChI is InChI=1S/C29H28N8/c1-17-11-23-22(7-9-31-28(23)30)18(2)24(17)12-33-29-25-16-37(35-26(25)8-10-32-29)15-21-14-36-13-20(19-3-4-19)5-6-27(36)34-21/h5-11,13-14,16,19H,3-4,12,15H2,1-2H3,(H2,30,31)(H,32,33). The van der Waals surface area contributed by atoms with Crippen molar-refractivity contribution in [3.8, 4) is 0 Å². The highest BCUT2D eigenvalue weighted by atomic mass is 15.3. The summed E-state index contributed by atoms with van der Waals surface area (Å²) in [5.74, 6) is 2.11. The maximum atomic E-state index is 6.12. The monoisotopic (exact) mass is 488 g/mol. The largest absolute Gasteiger partial charge is 0.383 e. The lowest BCUT2D eigenvalue weighted by Gasteiger charge is -2.15. The van der Waals surface area contributed by atoms with Crippen LogP contribution in [0.1, 0.15) is 46.7 Å². The number of nitrogens with one attached hydrogen (secondary N) is 1. The summed E-state index contributed by atoms with van der Waals surface area (Å²) >= 11 is 0. The van der Waals surface area contributed by atoms with E-state index in [0.29, 0.717) is 18.9 Å². The summed E-state index contributed by atoms with van der Waals surface area (Å²) in [7, 11) is 0. The second kappa shape index (κ2) is 8.30. The molecule has 0 atom stereocenters. The van der Waals surface area contributed by atoms with Crippen LogP contribution in [-0.2, 0) is 13.1 Å². The summed E-state index contributed by atoms with van der Waals surface area (Å²) in [6.07, 6.45) is 12.5. The van der Waals surface area contributed by atoms with Crippen LogP contribution in [0.15, 0.2) is 61.3 Å². The Morgan fingerprint density at radius 2 is 1.84 bits per heavy atom. The number of benzene rings is 1. The lowest BCUT2D eigenvalue weighted by atomic mass is 9.96. The minimum absolute atomic E-state index is 0.566. The smallest absolute Gasteiger partial charge is 0.137 e. The molecule has 8 heteroatoms. The molecule has 1 aromatic carbocycles. The van der Waals surface area contributed by atoms with Crippen LogP contribution in [0.4, 0.5) is 11.6 Å². The van der Waals surface area contributed by atoms with Crippen molar-refractivity contribution in [3.05, 3.63) is 89.3 Å². The molecule has 3 N–H and O–H groups in total. The molecule has 1 fully saturated rings. The molecule has 0 bridgehead atoms. The van der Waals surface area contributed by atoms with E-state index < -0.39 is 0 Å². The lowest BCUT2D eigenvalue weighted by molar-refractivity contribution is 0.684. The Morgan fingerprint density at radius 1 is 0.973 bits per heavy atom. The quantitative estimate of drug-likeness (QED) is 0.327. The van der Waals surface area contributed by atoms with E-state index in [9.17, 15) is 0 Å². The number of rotatable bonds is 6. The predicted molar refractivity (Wildman–Crippen MR) is 147 cm³/mol. The van der Waals surface area contributed by atoms with Gasteiger partial charge in [0.2, 0.25) is 0 Å². The molecule has 1 aliphatic rings. The summed E-state index contributed by atoms with van der Waals surface area (Å²) < 4.78 is 4.09. The third-order valence-corrected chi connectivity index (χ3v) is 7.53. The molecule has 0 saturated heterocycles. The second-order valence-electron chi connectivity index (χ2n) is 10.1. The fourth-order valence-corrected chi connectivity index (χ4v) is 5.35. The van der Waals surface area contributed by atoms with Crippen LogP contribution in [-0.4, -0.2) is 29.1 Å². The SMILES string of the molecule is Cc1cc2c(N)nccc2c(C)c1CNc1nccc2nn(Cc3cn4cc(C5CC5)ccc4n3)cc12. The van der Waals surface area contributed by atoms with Gasteiger partial charge in [-0.2, -0.15) is 5.10 Å². The van der Waals surface area contributed by atoms with Gasteiger partial charge in [0.1, 0.15) is 17.3 Å². The Hall–Kier alpha value is -4.46. The third kappa shape index (κ3) is 3.85. The first-order valence-electron chi connectivity index (χ1n) is 12.7. The molecule has 0 aliphatic heterocycles. The number of pyridine rings is 3. The highest BCUT2D eigenvalue weighted by molar-refractivity contribution is 5.94. The molecule has 6 aromatic rings. The number of nitrogens with zero attached hydrogens (tertiary/aromatic N) is 6. The normalized spacial score (nSPS) is 13.7. The molecule has 0 radical (unpaired) electrons. The average Bonchev–Trinajstić information content (AvgIpc) is 3.53. The van der Waals surface area contributed by atoms with Crippen LogP contribution in [0.25, 0.3) is 27.3 Å². The number of nitrogen functional groups attached to an aromatic ring is 1. The first-order valence-corrected chi connectivity index (χ1v) is 12.7. The molecule has 8 nitrogen and oxygen atoms in total. The van der Waals surface area contributed by atoms with Crippen LogP contribution >= 0.6 is 0 Å². The van der Waals surface area contributed by atoms with E-state index >= 15 is 0 Å². The van der Waals surface area contributed by atoms with E-state index in [1.54, 1.807) is 12.4 Å². The van der Waals surface area contributed by atoms with E-state index in [-0.39, 0.29) is 0 Å². The molecule has 184 valence electrons. The topological polar surface area (TPSA) is 99.0 Å². The first kappa shape index (κ1) is 21.8. The van der Waals surface area contributed by atoms with Gasteiger partial charge in [-0.25, -0.2) is 15.0 Å². The van der Waals surface area contributed by atoms with E-state index in [4.69, 9.17) is 15.8 Å². The van der Waals surface area contributed by atoms with Crippen LogP contribution in [0, 0.1) is 13.8 Å². The number of hydrogen-bond donors (Lipinski definition) is 2. The first-order chi connectivity index (χ1) is 18.0. The van der Waals surface area contributed by atoms with Crippen molar-refractivity contribution in [2.75, 3.05) is 11.1 Å². The Kier molecular flexibility index (Phi) is 4.89. The van der Waals surface area contributed by atoms with Crippen molar-refractivity contribution in [3.63, 3.8) is 0 Å². The molecule has 7 rings (SSSR count). The fourth-order valence-electron chi connectivity index (χ4n) is 5.35. The summed E-state index contributed by atoms with van der Waals surface area (Å²) in [6, 6.07) is 10.4. The van der Waals surface area contributed by atoms with E-state index in [1.165, 1.54) is 35.1 Å². The number of aryl methyl sites for hydroxylation is 2. The third-order valence-electron chi connectivity index (χ3n) is 7.53. The zero-order valence-electron chi connectivity index (χ0n) is 20.9. The van der Waals surface area contributed by atoms with Gasteiger partial charge in [0, 0.05) is 42.9 Å². The Labute approximate surface area is 214 Å². The van der Waals surface area contributed by atoms with Crippen molar-refractivity contribution >= 4 is 39.0 Å². The molecule has 0 unspecified atom stereocenters.